The standard InChI is InChI=1S/C15H24N4O3S2/c1-10-8-11(2)17-15(16-10)19-13(4-6-23-3)14(20)18-12-5-7-24(21,22)9-12/h8,12-13H,4-7,9H2,1-3H3,(H,18,20)(H,16,17,19). The van der Waals surface area contributed by atoms with Crippen LogP contribution >= 0.6 is 11.8 Å². The summed E-state index contributed by atoms with van der Waals surface area (Å²) in [5.74, 6) is 1.19. The van der Waals surface area contributed by atoms with E-state index in [1.807, 2.05) is 26.2 Å². The van der Waals surface area contributed by atoms with E-state index in [1.54, 1.807) is 11.8 Å². The molecule has 1 aromatic heterocycles. The second-order valence-electron chi connectivity index (χ2n) is 6.06. The van der Waals surface area contributed by atoms with Crippen molar-refractivity contribution in [2.24, 2.45) is 0 Å². The first-order chi connectivity index (χ1) is 11.3. The molecule has 0 radical (unpaired) electrons. The van der Waals surface area contributed by atoms with Gasteiger partial charge < -0.3 is 10.6 Å². The summed E-state index contributed by atoms with van der Waals surface area (Å²) in [5.41, 5.74) is 1.66. The van der Waals surface area contributed by atoms with Crippen LogP contribution in [0, 0.1) is 13.8 Å². The van der Waals surface area contributed by atoms with Crippen LogP contribution < -0.4 is 10.6 Å². The molecule has 134 valence electrons. The van der Waals surface area contributed by atoms with Crippen molar-refractivity contribution >= 4 is 33.5 Å². The molecule has 24 heavy (non-hydrogen) atoms. The lowest BCUT2D eigenvalue weighted by molar-refractivity contribution is -0.122. The maximum Gasteiger partial charge on any atom is 0.242 e. The van der Waals surface area contributed by atoms with Crippen LogP contribution in [0.1, 0.15) is 24.2 Å². The Morgan fingerprint density at radius 1 is 1.38 bits per heavy atom. The van der Waals surface area contributed by atoms with E-state index >= 15 is 0 Å². The topological polar surface area (TPSA) is 101 Å². The van der Waals surface area contributed by atoms with Gasteiger partial charge in [0.05, 0.1) is 11.5 Å². The molecule has 2 N–H and O–H groups in total. The van der Waals surface area contributed by atoms with E-state index in [9.17, 15) is 13.2 Å². The summed E-state index contributed by atoms with van der Waals surface area (Å²) >= 11 is 1.65. The molecule has 7 nitrogen and oxygen atoms in total. The van der Waals surface area contributed by atoms with Gasteiger partial charge in [-0.3, -0.25) is 4.79 Å². The lowest BCUT2D eigenvalue weighted by Crippen LogP contribution is -2.45. The Kier molecular flexibility index (Phi) is 6.45. The molecule has 0 aromatic carbocycles. The number of anilines is 1. The highest BCUT2D eigenvalue weighted by Crippen LogP contribution is 2.13. The zero-order valence-electron chi connectivity index (χ0n) is 14.2. The first-order valence-corrected chi connectivity index (χ1v) is 11.1. The second kappa shape index (κ2) is 8.15. The van der Waals surface area contributed by atoms with Gasteiger partial charge in [0.15, 0.2) is 9.84 Å². The van der Waals surface area contributed by atoms with Crippen LogP contribution in [0.3, 0.4) is 0 Å². The zero-order chi connectivity index (χ0) is 17.7. The molecule has 0 saturated carbocycles. The van der Waals surface area contributed by atoms with E-state index in [0.29, 0.717) is 18.8 Å². The number of hydrogen-bond donors (Lipinski definition) is 2. The lowest BCUT2D eigenvalue weighted by atomic mass is 10.2. The molecule has 2 rings (SSSR count). The van der Waals surface area contributed by atoms with E-state index < -0.39 is 15.9 Å². The third kappa shape index (κ3) is 5.62. The highest BCUT2D eigenvalue weighted by atomic mass is 32.2. The fraction of sp³-hybridized carbons (Fsp3) is 0.667. The third-order valence-corrected chi connectivity index (χ3v) is 6.20. The Morgan fingerprint density at radius 3 is 2.58 bits per heavy atom. The number of sulfone groups is 1. The number of thioether (sulfide) groups is 1. The summed E-state index contributed by atoms with van der Waals surface area (Å²) in [6.07, 6.45) is 3.07. The molecule has 0 bridgehead atoms. The Hall–Kier alpha value is -1.35. The van der Waals surface area contributed by atoms with Crippen LogP contribution in [0.5, 0.6) is 0 Å². The number of nitrogens with one attached hydrogen (secondary N) is 2. The van der Waals surface area contributed by atoms with Crippen LogP contribution in [0.25, 0.3) is 0 Å². The Balaban J connectivity index is 2.05. The van der Waals surface area contributed by atoms with E-state index in [1.165, 1.54) is 0 Å². The van der Waals surface area contributed by atoms with Gasteiger partial charge in [-0.25, -0.2) is 18.4 Å². The average Bonchev–Trinajstić information content (AvgIpc) is 2.81. The molecule has 1 aromatic rings. The van der Waals surface area contributed by atoms with Gasteiger partial charge >= 0.3 is 0 Å². The van der Waals surface area contributed by atoms with E-state index in [0.717, 1.165) is 17.1 Å². The molecule has 0 spiro atoms. The van der Waals surface area contributed by atoms with Crippen LogP contribution in [-0.2, 0) is 14.6 Å². The fourth-order valence-corrected chi connectivity index (χ4v) is 4.81. The maximum atomic E-state index is 12.6. The summed E-state index contributed by atoms with van der Waals surface area (Å²) in [5, 5.41) is 5.94. The van der Waals surface area contributed by atoms with E-state index in [-0.39, 0.29) is 23.5 Å². The minimum atomic E-state index is -3.02. The molecule has 2 heterocycles. The minimum absolute atomic E-state index is 0.0219. The van der Waals surface area contributed by atoms with Gasteiger partial charge in [-0.2, -0.15) is 11.8 Å². The van der Waals surface area contributed by atoms with Crippen LogP contribution in [0.4, 0.5) is 5.95 Å². The predicted molar refractivity (Wildman–Crippen MR) is 97.1 cm³/mol. The average molecular weight is 373 g/mol. The molecule has 1 aliphatic rings. The van der Waals surface area contributed by atoms with Gasteiger partial charge in [0, 0.05) is 17.4 Å². The van der Waals surface area contributed by atoms with Gasteiger partial charge in [-0.05, 0) is 44.8 Å². The Bertz CT molecular complexity index is 674. The van der Waals surface area contributed by atoms with Crippen molar-refractivity contribution < 1.29 is 13.2 Å². The van der Waals surface area contributed by atoms with Gasteiger partial charge in [-0.1, -0.05) is 0 Å². The van der Waals surface area contributed by atoms with Gasteiger partial charge in [0.2, 0.25) is 11.9 Å². The molecule has 1 fully saturated rings. The molecule has 1 aliphatic heterocycles. The minimum Gasteiger partial charge on any atom is -0.351 e. The van der Waals surface area contributed by atoms with Crippen molar-refractivity contribution in [3.8, 4) is 0 Å². The summed E-state index contributed by atoms with van der Waals surface area (Å²) in [6.45, 7) is 3.75. The summed E-state index contributed by atoms with van der Waals surface area (Å²) in [6, 6.07) is 1.08. The number of rotatable bonds is 7. The van der Waals surface area contributed by atoms with E-state index in [4.69, 9.17) is 0 Å². The van der Waals surface area contributed by atoms with Crippen LogP contribution in [0.2, 0.25) is 0 Å². The predicted octanol–water partition coefficient (Wildman–Crippen LogP) is 0.930. The number of aromatic nitrogens is 2. The third-order valence-electron chi connectivity index (χ3n) is 3.79. The van der Waals surface area contributed by atoms with Crippen molar-refractivity contribution in [3.05, 3.63) is 17.5 Å². The zero-order valence-corrected chi connectivity index (χ0v) is 15.8. The van der Waals surface area contributed by atoms with Crippen molar-refractivity contribution in [1.82, 2.24) is 15.3 Å². The monoisotopic (exact) mass is 372 g/mol. The number of hydrogen-bond acceptors (Lipinski definition) is 7. The highest BCUT2D eigenvalue weighted by molar-refractivity contribution is 7.98. The van der Waals surface area contributed by atoms with Crippen molar-refractivity contribution in [3.63, 3.8) is 0 Å². The first-order valence-electron chi connectivity index (χ1n) is 7.87. The maximum absolute atomic E-state index is 12.6. The summed E-state index contributed by atoms with van der Waals surface area (Å²) in [4.78, 5) is 21.2. The number of aryl methyl sites for hydroxylation is 2. The Morgan fingerprint density at radius 2 is 2.04 bits per heavy atom. The number of carbonyl (C=O) groups is 1. The molecule has 2 unspecified atom stereocenters. The largest absolute Gasteiger partial charge is 0.351 e. The fourth-order valence-electron chi connectivity index (χ4n) is 2.66. The van der Waals surface area contributed by atoms with Crippen LogP contribution in [0.15, 0.2) is 6.07 Å². The summed E-state index contributed by atoms with van der Waals surface area (Å²) < 4.78 is 23.1. The van der Waals surface area contributed by atoms with E-state index in [2.05, 4.69) is 20.6 Å². The number of carbonyl (C=O) groups excluding carboxylic acids is 1. The molecule has 2 atom stereocenters. The van der Waals surface area contributed by atoms with Crippen molar-refractivity contribution in [2.45, 2.75) is 38.8 Å². The smallest absolute Gasteiger partial charge is 0.242 e. The quantitative estimate of drug-likeness (QED) is 0.734. The van der Waals surface area contributed by atoms with Crippen molar-refractivity contribution in [2.75, 3.05) is 28.8 Å². The first kappa shape index (κ1) is 19.0. The van der Waals surface area contributed by atoms with Gasteiger partial charge in [-0.15, -0.1) is 0 Å². The van der Waals surface area contributed by atoms with Crippen molar-refractivity contribution in [1.29, 1.82) is 0 Å². The molecule has 1 amide bonds. The highest BCUT2D eigenvalue weighted by Gasteiger charge is 2.31. The molecule has 0 aliphatic carbocycles. The molecule has 1 saturated heterocycles. The van der Waals surface area contributed by atoms with Gasteiger partial charge in [0.1, 0.15) is 6.04 Å². The number of nitrogens with zero attached hydrogens (tertiary/aromatic N) is 2. The van der Waals surface area contributed by atoms with Crippen LogP contribution in [-0.4, -0.2) is 59.9 Å². The SMILES string of the molecule is CSCCC(Nc1nc(C)cc(C)n1)C(=O)NC1CCS(=O)(=O)C1. The molecular weight excluding hydrogens is 348 g/mol. The Labute approximate surface area is 147 Å². The lowest BCUT2D eigenvalue weighted by Gasteiger charge is -2.20. The number of amides is 1. The second-order valence-corrected chi connectivity index (χ2v) is 9.28. The molecule has 9 heteroatoms. The van der Waals surface area contributed by atoms with Gasteiger partial charge in [0.25, 0.3) is 0 Å². The normalized spacial score (nSPS) is 20.5. The summed E-state index contributed by atoms with van der Waals surface area (Å²) in [7, 11) is -3.02. The molecular formula is C15H24N4O3S2.